The van der Waals surface area contributed by atoms with E-state index in [2.05, 4.69) is 25.4 Å². The summed E-state index contributed by atoms with van der Waals surface area (Å²) in [5.41, 5.74) is 4.31. The molecule has 0 radical (unpaired) electrons. The third-order valence-corrected chi connectivity index (χ3v) is 5.47. The predicted molar refractivity (Wildman–Crippen MR) is 118 cm³/mol. The first-order valence-electron chi connectivity index (χ1n) is 9.49. The van der Waals surface area contributed by atoms with Crippen molar-refractivity contribution in [2.45, 2.75) is 33.0 Å². The number of H-pyrrole nitrogens is 1. The fourth-order valence-electron chi connectivity index (χ4n) is 3.80. The largest absolute Gasteiger partial charge is 0.364 e. The van der Waals surface area contributed by atoms with Crippen molar-refractivity contribution in [1.29, 1.82) is 5.26 Å². The predicted octanol–water partition coefficient (Wildman–Crippen LogP) is 3.33. The molecule has 1 atom stereocenters. The molecule has 31 heavy (non-hydrogen) atoms. The SMILES string of the molecule is C.N#Cc1ccc2c(c1)CN(N=S(=O)=O)C(Cc1ccccc1)CN2Cc1c[nH]cn1. The first kappa shape index (κ1) is 22.2. The molecule has 0 saturated carbocycles. The summed E-state index contributed by atoms with van der Waals surface area (Å²) in [6.45, 7) is 1.41. The van der Waals surface area contributed by atoms with Crippen LogP contribution in [-0.4, -0.2) is 36.0 Å². The van der Waals surface area contributed by atoms with Crippen molar-refractivity contribution in [2.75, 3.05) is 11.4 Å². The van der Waals surface area contributed by atoms with Gasteiger partial charge in [0.1, 0.15) is 0 Å². The highest BCUT2D eigenvalue weighted by Crippen LogP contribution is 2.30. The van der Waals surface area contributed by atoms with Gasteiger partial charge in [-0.1, -0.05) is 42.2 Å². The maximum atomic E-state index is 11.5. The normalized spacial score (nSPS) is 15.8. The number of nitrogens with one attached hydrogen (secondary N) is 1. The molecule has 0 amide bonds. The third kappa shape index (κ3) is 5.36. The first-order chi connectivity index (χ1) is 14.6. The van der Waals surface area contributed by atoms with Crippen molar-refractivity contribution < 1.29 is 8.42 Å². The zero-order valence-corrected chi connectivity index (χ0v) is 17.0. The molecule has 1 aliphatic heterocycles. The maximum Gasteiger partial charge on any atom is 0.328 e. The van der Waals surface area contributed by atoms with Gasteiger partial charge in [0.2, 0.25) is 0 Å². The number of fused-ring (bicyclic) bond motifs is 1. The Hall–Kier alpha value is -3.48. The van der Waals surface area contributed by atoms with E-state index < -0.39 is 10.5 Å². The molecule has 2 aromatic carbocycles. The van der Waals surface area contributed by atoms with Crippen LogP contribution in [0.3, 0.4) is 0 Å². The highest BCUT2D eigenvalue weighted by atomic mass is 32.2. The highest BCUT2D eigenvalue weighted by Gasteiger charge is 2.29. The Morgan fingerprint density at radius 3 is 2.71 bits per heavy atom. The van der Waals surface area contributed by atoms with Crippen LogP contribution >= 0.6 is 0 Å². The summed E-state index contributed by atoms with van der Waals surface area (Å²) in [4.78, 5) is 9.48. The number of aromatic nitrogens is 2. The molecule has 0 bridgehead atoms. The molecule has 0 spiro atoms. The minimum Gasteiger partial charge on any atom is -0.364 e. The van der Waals surface area contributed by atoms with E-state index in [-0.39, 0.29) is 13.5 Å². The average molecular weight is 437 g/mol. The summed E-state index contributed by atoms with van der Waals surface area (Å²) in [7, 11) is -2.58. The van der Waals surface area contributed by atoms with Crippen molar-refractivity contribution in [3.63, 3.8) is 0 Å². The number of hydrogen-bond acceptors (Lipinski definition) is 6. The highest BCUT2D eigenvalue weighted by molar-refractivity contribution is 7.61. The summed E-state index contributed by atoms with van der Waals surface area (Å²) in [6.07, 6.45) is 4.11. The van der Waals surface area contributed by atoms with Crippen LogP contribution in [0.5, 0.6) is 0 Å². The van der Waals surface area contributed by atoms with Gasteiger partial charge in [-0.15, -0.1) is 0 Å². The van der Waals surface area contributed by atoms with Crippen molar-refractivity contribution >= 4 is 16.2 Å². The van der Waals surface area contributed by atoms with Gasteiger partial charge in [-0.2, -0.15) is 18.7 Å². The van der Waals surface area contributed by atoms with Gasteiger partial charge in [0.25, 0.3) is 0 Å². The van der Waals surface area contributed by atoms with Gasteiger partial charge in [0, 0.05) is 25.0 Å². The molecule has 0 saturated heterocycles. The van der Waals surface area contributed by atoms with E-state index in [0.717, 1.165) is 22.5 Å². The van der Waals surface area contributed by atoms with E-state index in [9.17, 15) is 13.7 Å². The topological polar surface area (TPSA) is 105 Å². The first-order valence-corrected chi connectivity index (χ1v) is 10.5. The lowest BCUT2D eigenvalue weighted by Crippen LogP contribution is -2.40. The van der Waals surface area contributed by atoms with Gasteiger partial charge in [-0.05, 0) is 35.7 Å². The van der Waals surface area contributed by atoms with E-state index in [0.29, 0.717) is 31.6 Å². The second-order valence-corrected chi connectivity index (χ2v) is 7.73. The maximum absolute atomic E-state index is 11.5. The van der Waals surface area contributed by atoms with Crippen LogP contribution in [0.25, 0.3) is 0 Å². The molecule has 0 fully saturated rings. The number of nitriles is 1. The zero-order valence-electron chi connectivity index (χ0n) is 16.1. The van der Waals surface area contributed by atoms with Crippen LogP contribution in [0.1, 0.15) is 29.8 Å². The van der Waals surface area contributed by atoms with E-state index >= 15 is 0 Å². The zero-order chi connectivity index (χ0) is 20.9. The summed E-state index contributed by atoms with van der Waals surface area (Å²) in [5, 5.41) is 10.9. The van der Waals surface area contributed by atoms with E-state index in [1.807, 2.05) is 42.6 Å². The van der Waals surface area contributed by atoms with Crippen molar-refractivity contribution in [3.8, 4) is 6.07 Å². The molecular weight excluding hydrogens is 412 g/mol. The molecule has 1 N–H and O–H groups in total. The number of hydrogen-bond donors (Lipinski definition) is 1. The van der Waals surface area contributed by atoms with E-state index in [4.69, 9.17) is 0 Å². The van der Waals surface area contributed by atoms with Crippen LogP contribution in [0.2, 0.25) is 0 Å². The Balaban J connectivity index is 0.00000272. The number of nitrogens with zero attached hydrogens (tertiary/aromatic N) is 5. The molecule has 1 aromatic heterocycles. The lowest BCUT2D eigenvalue weighted by Gasteiger charge is -2.29. The van der Waals surface area contributed by atoms with Crippen LogP contribution in [-0.2, 0) is 30.0 Å². The number of imidazole rings is 1. The molecule has 2 heterocycles. The van der Waals surface area contributed by atoms with Gasteiger partial charge < -0.3 is 9.88 Å². The summed E-state index contributed by atoms with van der Waals surface area (Å²) < 4.78 is 26.8. The van der Waals surface area contributed by atoms with Crippen LogP contribution < -0.4 is 4.90 Å². The third-order valence-electron chi connectivity index (χ3n) is 5.13. The van der Waals surface area contributed by atoms with Crippen LogP contribution in [0, 0.1) is 11.3 Å². The lowest BCUT2D eigenvalue weighted by atomic mass is 10.1. The smallest absolute Gasteiger partial charge is 0.328 e. The van der Waals surface area contributed by atoms with Gasteiger partial charge >= 0.3 is 10.5 Å². The molecule has 1 aliphatic rings. The Bertz CT molecular complexity index is 1180. The number of aromatic amines is 1. The standard InChI is InChI=1S/C21H20N6O2S.CH4/c22-10-17-6-7-21-18(8-17)12-27(25-30(28)29)20(9-16-4-2-1-3-5-16)14-26(21)13-19-11-23-15-24-19;/h1-8,11,15,20H,9,12-14H2,(H,23,24);1H4. The monoisotopic (exact) mass is 436 g/mol. The van der Waals surface area contributed by atoms with Crippen LogP contribution in [0.15, 0.2) is 65.5 Å². The van der Waals surface area contributed by atoms with Gasteiger partial charge in [-0.25, -0.2) is 4.98 Å². The molecule has 9 heteroatoms. The van der Waals surface area contributed by atoms with Crippen molar-refractivity contribution in [1.82, 2.24) is 15.0 Å². The number of anilines is 1. The van der Waals surface area contributed by atoms with Gasteiger partial charge in [-0.3, -0.25) is 0 Å². The Morgan fingerprint density at radius 2 is 2.03 bits per heavy atom. The average Bonchev–Trinajstić information content (AvgIpc) is 3.21. The minimum atomic E-state index is -2.58. The number of benzene rings is 2. The second kappa shape index (κ2) is 10.0. The Labute approximate surface area is 183 Å². The van der Waals surface area contributed by atoms with Crippen molar-refractivity contribution in [3.05, 3.63) is 83.4 Å². The molecular formula is C22H24N6O2S. The lowest BCUT2D eigenvalue weighted by molar-refractivity contribution is 0.205. The summed E-state index contributed by atoms with van der Waals surface area (Å²) in [6, 6.07) is 17.4. The van der Waals surface area contributed by atoms with Crippen LogP contribution in [0.4, 0.5) is 5.69 Å². The molecule has 8 nitrogen and oxygen atoms in total. The molecule has 3 aromatic rings. The minimum absolute atomic E-state index is 0. The molecule has 0 aliphatic carbocycles. The Morgan fingerprint density at radius 1 is 1.23 bits per heavy atom. The summed E-state index contributed by atoms with van der Waals surface area (Å²) in [5.74, 6) is 0. The Kier molecular flexibility index (Phi) is 7.18. The van der Waals surface area contributed by atoms with E-state index in [1.165, 1.54) is 0 Å². The fourth-order valence-corrected chi connectivity index (χ4v) is 4.16. The van der Waals surface area contributed by atoms with Gasteiger partial charge in [0.05, 0.1) is 36.2 Å². The molecule has 160 valence electrons. The van der Waals surface area contributed by atoms with E-state index in [1.54, 1.807) is 23.5 Å². The van der Waals surface area contributed by atoms with Gasteiger partial charge in [0.15, 0.2) is 0 Å². The fraction of sp³-hybridized carbons (Fsp3) is 0.273. The quantitative estimate of drug-likeness (QED) is 0.658. The number of rotatable bonds is 5. The summed E-state index contributed by atoms with van der Waals surface area (Å²) >= 11 is 0. The molecule has 4 rings (SSSR count). The molecule has 1 unspecified atom stereocenters. The second-order valence-electron chi connectivity index (χ2n) is 7.14. The van der Waals surface area contributed by atoms with Crippen molar-refractivity contribution in [2.24, 2.45) is 4.47 Å².